The molecule has 1 aliphatic rings. The van der Waals surface area contributed by atoms with Crippen LogP contribution in [0.15, 0.2) is 36.7 Å². The molecule has 28 heavy (non-hydrogen) atoms. The van der Waals surface area contributed by atoms with Crippen molar-refractivity contribution in [2.75, 3.05) is 6.61 Å². The van der Waals surface area contributed by atoms with Crippen molar-refractivity contribution >= 4 is 28.1 Å². The third kappa shape index (κ3) is 3.99. The van der Waals surface area contributed by atoms with Crippen molar-refractivity contribution in [3.63, 3.8) is 0 Å². The Hall–Kier alpha value is -2.55. The van der Waals surface area contributed by atoms with Gasteiger partial charge < -0.3 is 15.0 Å². The van der Waals surface area contributed by atoms with Crippen LogP contribution in [-0.2, 0) is 4.79 Å². The van der Waals surface area contributed by atoms with E-state index in [1.807, 2.05) is 30.5 Å². The van der Waals surface area contributed by atoms with Gasteiger partial charge in [0.05, 0.1) is 10.9 Å². The molecule has 1 aliphatic carbocycles. The molecular formula is C19H18F3N3O2S. The Morgan fingerprint density at radius 3 is 3.00 bits per heavy atom. The molecule has 0 bridgehead atoms. The summed E-state index contributed by atoms with van der Waals surface area (Å²) in [5, 5.41) is 4.00. The summed E-state index contributed by atoms with van der Waals surface area (Å²) in [6.45, 7) is 0.400. The smallest absolute Gasteiger partial charge is 0.422 e. The molecule has 1 unspecified atom stereocenters. The van der Waals surface area contributed by atoms with Gasteiger partial charge in [-0.15, -0.1) is 0 Å². The molecule has 0 saturated heterocycles. The van der Waals surface area contributed by atoms with Crippen LogP contribution >= 0.6 is 11.3 Å². The van der Waals surface area contributed by atoms with E-state index in [4.69, 9.17) is 0 Å². The van der Waals surface area contributed by atoms with Crippen LogP contribution in [0.2, 0.25) is 0 Å². The van der Waals surface area contributed by atoms with Crippen LogP contribution in [0.3, 0.4) is 0 Å². The second-order valence-electron chi connectivity index (χ2n) is 6.90. The number of H-pyrrole nitrogens is 1. The molecular weight excluding hydrogens is 391 g/mol. The Morgan fingerprint density at radius 1 is 1.43 bits per heavy atom. The van der Waals surface area contributed by atoms with Crippen LogP contribution in [0.4, 0.5) is 13.2 Å². The fourth-order valence-electron chi connectivity index (χ4n) is 3.30. The maximum Gasteiger partial charge on any atom is 0.422 e. The van der Waals surface area contributed by atoms with Crippen molar-refractivity contribution < 1.29 is 22.7 Å². The Labute approximate surface area is 162 Å². The van der Waals surface area contributed by atoms with E-state index in [0.29, 0.717) is 4.88 Å². The average molecular weight is 409 g/mol. The Balaban J connectivity index is 1.35. The van der Waals surface area contributed by atoms with E-state index >= 15 is 0 Å². The molecule has 2 N–H and O–H groups in total. The number of nitrogens with one attached hydrogen (secondary N) is 2. The summed E-state index contributed by atoms with van der Waals surface area (Å²) >= 11 is 1.00. The van der Waals surface area contributed by atoms with E-state index in [-0.39, 0.29) is 29.0 Å². The number of carbonyl (C=O) groups excluding carboxylic acids is 1. The molecule has 1 amide bonds. The predicted molar refractivity (Wildman–Crippen MR) is 99.4 cm³/mol. The molecule has 0 spiro atoms. The maximum absolute atomic E-state index is 12.6. The van der Waals surface area contributed by atoms with Gasteiger partial charge in [0.15, 0.2) is 6.61 Å². The largest absolute Gasteiger partial charge is 0.460 e. The molecule has 1 saturated carbocycles. The standard InChI is InChI=1S/C19H18F3N3O2S/c1-10(16-8-24-18(28-16)27-9-19(20,21)22)25-17(26)13-6-12(13)14-7-23-15-5-3-2-4-11(14)15/h2-5,7-8,10,12-13,23H,6,9H2,1H3,(H,25,26)/t10-,12-,13?/m1/s1. The molecule has 148 valence electrons. The van der Waals surface area contributed by atoms with E-state index in [2.05, 4.69) is 20.0 Å². The van der Waals surface area contributed by atoms with Gasteiger partial charge in [-0.05, 0) is 30.9 Å². The number of thiazole rings is 1. The zero-order valence-corrected chi connectivity index (χ0v) is 15.7. The summed E-state index contributed by atoms with van der Waals surface area (Å²) < 4.78 is 41.3. The quantitative estimate of drug-likeness (QED) is 0.628. The van der Waals surface area contributed by atoms with Gasteiger partial charge in [0.2, 0.25) is 5.91 Å². The van der Waals surface area contributed by atoms with Gasteiger partial charge in [0.25, 0.3) is 5.19 Å². The van der Waals surface area contributed by atoms with Crippen molar-refractivity contribution in [1.82, 2.24) is 15.3 Å². The average Bonchev–Trinajstić information content (AvgIpc) is 3.11. The van der Waals surface area contributed by atoms with E-state index in [1.165, 1.54) is 6.20 Å². The number of aromatic amines is 1. The van der Waals surface area contributed by atoms with Crippen molar-refractivity contribution in [1.29, 1.82) is 0 Å². The van der Waals surface area contributed by atoms with Crippen molar-refractivity contribution in [2.24, 2.45) is 5.92 Å². The first kappa shape index (κ1) is 18.8. The molecule has 2 heterocycles. The second kappa shape index (κ2) is 7.12. The van der Waals surface area contributed by atoms with E-state index in [0.717, 1.165) is 34.2 Å². The van der Waals surface area contributed by atoms with Crippen LogP contribution in [0.25, 0.3) is 10.9 Å². The van der Waals surface area contributed by atoms with Crippen LogP contribution in [0, 0.1) is 5.92 Å². The molecule has 3 atom stereocenters. The lowest BCUT2D eigenvalue weighted by atomic mass is 10.1. The minimum Gasteiger partial charge on any atom is -0.460 e. The number of rotatable bonds is 6. The number of nitrogens with zero attached hydrogens (tertiary/aromatic N) is 1. The van der Waals surface area contributed by atoms with Crippen molar-refractivity contribution in [3.05, 3.63) is 47.1 Å². The van der Waals surface area contributed by atoms with Crippen LogP contribution in [0.5, 0.6) is 5.19 Å². The van der Waals surface area contributed by atoms with Gasteiger partial charge in [0.1, 0.15) is 0 Å². The van der Waals surface area contributed by atoms with Gasteiger partial charge >= 0.3 is 6.18 Å². The molecule has 5 nitrogen and oxygen atoms in total. The molecule has 1 fully saturated rings. The van der Waals surface area contributed by atoms with Gasteiger partial charge in [-0.3, -0.25) is 4.79 Å². The highest BCUT2D eigenvalue weighted by Crippen LogP contribution is 2.49. The fourth-order valence-corrected chi connectivity index (χ4v) is 4.07. The number of benzene rings is 1. The number of carbonyl (C=O) groups is 1. The lowest BCUT2D eigenvalue weighted by Gasteiger charge is -2.11. The molecule has 3 aromatic rings. The maximum atomic E-state index is 12.6. The molecule has 0 radical (unpaired) electrons. The third-order valence-corrected chi connectivity index (χ3v) is 5.89. The number of hydrogen-bond acceptors (Lipinski definition) is 4. The van der Waals surface area contributed by atoms with Crippen molar-refractivity contribution in [3.8, 4) is 5.19 Å². The fraction of sp³-hybridized carbons (Fsp3) is 0.368. The lowest BCUT2D eigenvalue weighted by molar-refractivity contribution is -0.153. The lowest BCUT2D eigenvalue weighted by Crippen LogP contribution is -2.27. The summed E-state index contributed by atoms with van der Waals surface area (Å²) in [5.74, 6) is 0.0139. The molecule has 1 aromatic carbocycles. The summed E-state index contributed by atoms with van der Waals surface area (Å²) in [4.78, 5) is 20.3. The van der Waals surface area contributed by atoms with Crippen LogP contribution in [-0.4, -0.2) is 28.7 Å². The minimum atomic E-state index is -4.41. The summed E-state index contributed by atoms with van der Waals surface area (Å²) in [6, 6.07) is 7.62. The summed E-state index contributed by atoms with van der Waals surface area (Å²) in [7, 11) is 0. The number of halogens is 3. The third-order valence-electron chi connectivity index (χ3n) is 4.80. The number of hydrogen-bond donors (Lipinski definition) is 2. The first-order valence-electron chi connectivity index (χ1n) is 8.83. The van der Waals surface area contributed by atoms with Gasteiger partial charge in [-0.2, -0.15) is 13.2 Å². The minimum absolute atomic E-state index is 0.0588. The number of alkyl halides is 3. The predicted octanol–water partition coefficient (Wildman–Crippen LogP) is 4.55. The zero-order chi connectivity index (χ0) is 19.9. The highest BCUT2D eigenvalue weighted by molar-refractivity contribution is 7.13. The van der Waals surface area contributed by atoms with Gasteiger partial charge in [0, 0.05) is 29.2 Å². The topological polar surface area (TPSA) is 67.0 Å². The zero-order valence-electron chi connectivity index (χ0n) is 14.9. The van der Waals surface area contributed by atoms with Gasteiger partial charge in [-0.1, -0.05) is 29.5 Å². The normalized spacial score (nSPS) is 20.1. The first-order chi connectivity index (χ1) is 13.3. The number of para-hydroxylation sites is 1. The number of aromatic nitrogens is 2. The van der Waals surface area contributed by atoms with Crippen LogP contribution < -0.4 is 10.1 Å². The Morgan fingerprint density at radius 2 is 2.21 bits per heavy atom. The van der Waals surface area contributed by atoms with Crippen molar-refractivity contribution in [2.45, 2.75) is 31.5 Å². The monoisotopic (exact) mass is 409 g/mol. The van der Waals surface area contributed by atoms with Crippen LogP contribution in [0.1, 0.15) is 35.7 Å². The highest BCUT2D eigenvalue weighted by atomic mass is 32.1. The Kier molecular flexibility index (Phi) is 4.78. The molecule has 0 aliphatic heterocycles. The summed E-state index contributed by atoms with van der Waals surface area (Å²) in [5.41, 5.74) is 2.19. The van der Waals surface area contributed by atoms with E-state index < -0.39 is 12.8 Å². The Bertz CT molecular complexity index is 998. The molecule has 4 rings (SSSR count). The number of ether oxygens (including phenoxy) is 1. The van der Waals surface area contributed by atoms with E-state index in [1.54, 1.807) is 6.92 Å². The first-order valence-corrected chi connectivity index (χ1v) is 9.65. The highest BCUT2D eigenvalue weighted by Gasteiger charge is 2.45. The SMILES string of the molecule is C[C@@H](NC(=O)C1C[C@H]1c1c[nH]c2ccccc12)c1cnc(OCC(F)(F)F)s1. The number of amides is 1. The van der Waals surface area contributed by atoms with Gasteiger partial charge in [-0.25, -0.2) is 4.98 Å². The number of fused-ring (bicyclic) bond motifs is 1. The molecule has 2 aromatic heterocycles. The van der Waals surface area contributed by atoms with E-state index in [9.17, 15) is 18.0 Å². The molecule has 9 heteroatoms. The second-order valence-corrected chi connectivity index (χ2v) is 7.93. The summed E-state index contributed by atoms with van der Waals surface area (Å²) in [6.07, 6.45) is -0.233.